The number of furan rings is 1. The van der Waals surface area contributed by atoms with Crippen molar-refractivity contribution in [2.75, 3.05) is 5.32 Å². The van der Waals surface area contributed by atoms with Gasteiger partial charge in [-0.05, 0) is 19.1 Å². The topological polar surface area (TPSA) is 115 Å². The summed E-state index contributed by atoms with van der Waals surface area (Å²) in [7, 11) is 1.61. The maximum absolute atomic E-state index is 12.6. The Balaban J connectivity index is 1.47. The molecule has 0 aliphatic heterocycles. The van der Waals surface area contributed by atoms with Crippen molar-refractivity contribution in [3.63, 3.8) is 0 Å². The number of rotatable bonds is 6. The quantitative estimate of drug-likeness (QED) is 0.509. The first-order chi connectivity index (χ1) is 14.5. The van der Waals surface area contributed by atoms with Gasteiger partial charge in [-0.25, -0.2) is 0 Å². The van der Waals surface area contributed by atoms with Gasteiger partial charge in [0.25, 0.3) is 11.8 Å². The van der Waals surface area contributed by atoms with Gasteiger partial charge in [0.15, 0.2) is 11.5 Å². The maximum atomic E-state index is 12.6. The second-order valence-corrected chi connectivity index (χ2v) is 6.69. The normalized spacial score (nSPS) is 10.7. The molecule has 0 spiro atoms. The monoisotopic (exact) mass is 405 g/mol. The molecular formula is C21H19N5O4. The average Bonchev–Trinajstić information content (AvgIpc) is 3.48. The van der Waals surface area contributed by atoms with Crippen LogP contribution < -0.4 is 10.6 Å². The fourth-order valence-corrected chi connectivity index (χ4v) is 2.89. The summed E-state index contributed by atoms with van der Waals surface area (Å²) in [6.07, 6.45) is 2.93. The first-order valence-electron chi connectivity index (χ1n) is 9.19. The SMILES string of the molecule is Cc1ccc(-c2cc(C(=O)Nc3cnn(C)c3C(=O)NCc3ccco3)no2)cc1. The number of carbonyl (C=O) groups excluding carboxylic acids is 2. The van der Waals surface area contributed by atoms with Crippen molar-refractivity contribution in [1.82, 2.24) is 20.3 Å². The van der Waals surface area contributed by atoms with Crippen molar-refractivity contribution in [2.24, 2.45) is 7.05 Å². The van der Waals surface area contributed by atoms with E-state index in [1.54, 1.807) is 25.2 Å². The third-order valence-corrected chi connectivity index (χ3v) is 4.48. The highest BCUT2D eigenvalue weighted by molar-refractivity contribution is 6.07. The molecule has 0 fully saturated rings. The summed E-state index contributed by atoms with van der Waals surface area (Å²) in [5, 5.41) is 13.3. The third kappa shape index (κ3) is 4.00. The van der Waals surface area contributed by atoms with Crippen LogP contribution in [0, 0.1) is 6.92 Å². The van der Waals surface area contributed by atoms with Crippen LogP contribution in [0.4, 0.5) is 5.69 Å². The Labute approximate surface area is 171 Å². The Morgan fingerprint density at radius 2 is 1.93 bits per heavy atom. The molecule has 30 heavy (non-hydrogen) atoms. The molecule has 3 heterocycles. The number of nitrogens with zero attached hydrogens (tertiary/aromatic N) is 3. The van der Waals surface area contributed by atoms with E-state index in [0.717, 1.165) is 11.1 Å². The first-order valence-corrected chi connectivity index (χ1v) is 9.19. The minimum absolute atomic E-state index is 0.0939. The smallest absolute Gasteiger partial charge is 0.277 e. The van der Waals surface area contributed by atoms with Crippen LogP contribution in [0.3, 0.4) is 0 Å². The van der Waals surface area contributed by atoms with Gasteiger partial charge in [0.2, 0.25) is 0 Å². The molecule has 0 bridgehead atoms. The van der Waals surface area contributed by atoms with Crippen LogP contribution in [0.25, 0.3) is 11.3 Å². The highest BCUT2D eigenvalue weighted by Gasteiger charge is 2.21. The van der Waals surface area contributed by atoms with Crippen molar-refractivity contribution in [1.29, 1.82) is 0 Å². The number of amides is 2. The second-order valence-electron chi connectivity index (χ2n) is 6.69. The van der Waals surface area contributed by atoms with E-state index in [1.807, 2.05) is 31.2 Å². The predicted molar refractivity (Wildman–Crippen MR) is 108 cm³/mol. The summed E-state index contributed by atoms with van der Waals surface area (Å²) >= 11 is 0. The number of carbonyl (C=O) groups is 2. The summed E-state index contributed by atoms with van der Waals surface area (Å²) < 4.78 is 11.9. The fourth-order valence-electron chi connectivity index (χ4n) is 2.89. The average molecular weight is 405 g/mol. The highest BCUT2D eigenvalue weighted by atomic mass is 16.5. The molecule has 9 heteroatoms. The lowest BCUT2D eigenvalue weighted by Gasteiger charge is -2.07. The highest BCUT2D eigenvalue weighted by Crippen LogP contribution is 2.22. The number of hydrogen-bond acceptors (Lipinski definition) is 6. The zero-order valence-electron chi connectivity index (χ0n) is 16.4. The minimum Gasteiger partial charge on any atom is -0.467 e. The van der Waals surface area contributed by atoms with E-state index in [2.05, 4.69) is 20.9 Å². The van der Waals surface area contributed by atoms with Crippen molar-refractivity contribution < 1.29 is 18.5 Å². The lowest BCUT2D eigenvalue weighted by atomic mass is 10.1. The van der Waals surface area contributed by atoms with Gasteiger partial charge in [0, 0.05) is 18.7 Å². The molecule has 1 aromatic carbocycles. The number of anilines is 1. The Morgan fingerprint density at radius 1 is 1.13 bits per heavy atom. The third-order valence-electron chi connectivity index (χ3n) is 4.48. The molecule has 4 rings (SSSR count). The molecule has 0 aliphatic rings. The van der Waals surface area contributed by atoms with E-state index in [1.165, 1.54) is 17.1 Å². The van der Waals surface area contributed by atoms with Gasteiger partial charge >= 0.3 is 0 Å². The van der Waals surface area contributed by atoms with E-state index in [-0.39, 0.29) is 23.6 Å². The largest absolute Gasteiger partial charge is 0.467 e. The maximum Gasteiger partial charge on any atom is 0.277 e. The molecule has 0 unspecified atom stereocenters. The minimum atomic E-state index is -0.509. The molecule has 0 saturated carbocycles. The molecular weight excluding hydrogens is 386 g/mol. The Kier molecular flexibility index (Phi) is 5.17. The van der Waals surface area contributed by atoms with Crippen molar-refractivity contribution in [3.8, 4) is 11.3 Å². The van der Waals surface area contributed by atoms with Gasteiger partial charge in [-0.15, -0.1) is 0 Å². The number of aryl methyl sites for hydroxylation is 2. The van der Waals surface area contributed by atoms with Crippen LogP contribution in [0.1, 0.15) is 32.3 Å². The standard InChI is InChI=1S/C21H19N5O4/c1-13-5-7-14(8-6-13)18-10-16(25-30-18)20(27)24-17-12-23-26(2)19(17)21(28)22-11-15-4-3-9-29-15/h3-10,12H,11H2,1-2H3,(H,22,28)(H,24,27). The van der Waals surface area contributed by atoms with E-state index in [0.29, 0.717) is 11.5 Å². The second kappa shape index (κ2) is 8.08. The summed E-state index contributed by atoms with van der Waals surface area (Å²) in [5.41, 5.74) is 2.49. The van der Waals surface area contributed by atoms with Crippen LogP contribution in [0.5, 0.6) is 0 Å². The molecule has 0 radical (unpaired) electrons. The molecule has 9 nitrogen and oxygen atoms in total. The number of aromatic nitrogens is 3. The summed E-state index contributed by atoms with van der Waals surface area (Å²) in [4.78, 5) is 25.2. The zero-order chi connectivity index (χ0) is 21.1. The van der Waals surface area contributed by atoms with Crippen LogP contribution in [0.2, 0.25) is 0 Å². The summed E-state index contributed by atoms with van der Waals surface area (Å²) in [5.74, 6) is 0.178. The van der Waals surface area contributed by atoms with E-state index >= 15 is 0 Å². The lowest BCUT2D eigenvalue weighted by Crippen LogP contribution is -2.26. The van der Waals surface area contributed by atoms with E-state index in [4.69, 9.17) is 8.94 Å². The molecule has 0 atom stereocenters. The van der Waals surface area contributed by atoms with Gasteiger partial charge in [-0.3, -0.25) is 14.3 Å². The predicted octanol–water partition coefficient (Wildman–Crippen LogP) is 3.16. The van der Waals surface area contributed by atoms with E-state index in [9.17, 15) is 9.59 Å². The first kappa shape index (κ1) is 19.2. The Bertz CT molecular complexity index is 1170. The lowest BCUT2D eigenvalue weighted by molar-refractivity contribution is 0.0939. The van der Waals surface area contributed by atoms with Crippen LogP contribution in [0.15, 0.2) is 63.9 Å². The Morgan fingerprint density at radius 3 is 2.67 bits per heavy atom. The Hall–Kier alpha value is -4.14. The van der Waals surface area contributed by atoms with Gasteiger partial charge in [-0.1, -0.05) is 35.0 Å². The molecule has 4 aromatic rings. The van der Waals surface area contributed by atoms with Crippen LogP contribution in [-0.4, -0.2) is 26.8 Å². The summed E-state index contributed by atoms with van der Waals surface area (Å²) in [6.45, 7) is 2.20. The molecule has 3 aromatic heterocycles. The van der Waals surface area contributed by atoms with Gasteiger partial charge in [0.1, 0.15) is 11.5 Å². The van der Waals surface area contributed by atoms with Gasteiger partial charge < -0.3 is 19.6 Å². The number of nitrogens with one attached hydrogen (secondary N) is 2. The van der Waals surface area contributed by atoms with E-state index < -0.39 is 11.8 Å². The van der Waals surface area contributed by atoms with Crippen molar-refractivity contribution >= 4 is 17.5 Å². The van der Waals surface area contributed by atoms with Crippen LogP contribution in [-0.2, 0) is 13.6 Å². The molecule has 0 saturated heterocycles. The molecule has 2 amide bonds. The molecule has 0 aliphatic carbocycles. The van der Waals surface area contributed by atoms with Crippen molar-refractivity contribution in [2.45, 2.75) is 13.5 Å². The van der Waals surface area contributed by atoms with Gasteiger partial charge in [-0.2, -0.15) is 5.10 Å². The summed E-state index contributed by atoms with van der Waals surface area (Å²) in [6, 6.07) is 12.7. The fraction of sp³-hybridized carbons (Fsp3) is 0.143. The van der Waals surface area contributed by atoms with Crippen molar-refractivity contribution in [3.05, 3.63) is 77.6 Å². The molecule has 152 valence electrons. The zero-order valence-corrected chi connectivity index (χ0v) is 16.4. The van der Waals surface area contributed by atoms with Crippen LogP contribution >= 0.6 is 0 Å². The number of hydrogen-bond donors (Lipinski definition) is 2. The number of benzene rings is 1. The molecule has 2 N–H and O–H groups in total. The van der Waals surface area contributed by atoms with Gasteiger partial charge in [0.05, 0.1) is 24.7 Å².